The summed E-state index contributed by atoms with van der Waals surface area (Å²) in [6, 6.07) is 7.80. The minimum atomic E-state index is -0.611. The number of aryl methyl sites for hydroxylation is 1. The molecule has 3 aromatic rings. The molecule has 1 aromatic heterocycles. The zero-order valence-corrected chi connectivity index (χ0v) is 17.9. The van der Waals surface area contributed by atoms with Gasteiger partial charge in [-0.05, 0) is 24.1 Å². The summed E-state index contributed by atoms with van der Waals surface area (Å²) in [5.74, 6) is 0.396. The number of fused-ring (bicyclic) bond motifs is 1. The molecule has 2 N–H and O–H groups in total. The standard InChI is InChI=1S/C23H25N3O6/c1-3-4-7-26-12-15(24-25-26)13-31-16-9-18(28)23-19(29)11-21(32-22(23)10-16)14-5-6-20(30-2)17(27)8-14/h5-6,8-10,12,21,27-28H,3-4,7,11,13H2,1-2H3/t21-/m0/s1. The highest BCUT2D eigenvalue weighted by molar-refractivity contribution is 6.02. The van der Waals surface area contributed by atoms with E-state index >= 15 is 0 Å². The number of benzene rings is 2. The average molecular weight is 439 g/mol. The van der Waals surface area contributed by atoms with Crippen molar-refractivity contribution in [1.82, 2.24) is 15.0 Å². The zero-order valence-electron chi connectivity index (χ0n) is 17.9. The molecule has 0 fully saturated rings. The highest BCUT2D eigenvalue weighted by Gasteiger charge is 2.31. The van der Waals surface area contributed by atoms with Crippen molar-refractivity contribution in [3.05, 3.63) is 53.3 Å². The fourth-order valence-electron chi connectivity index (χ4n) is 3.58. The number of ketones is 1. The van der Waals surface area contributed by atoms with Crippen LogP contribution in [0.5, 0.6) is 28.7 Å². The van der Waals surface area contributed by atoms with Crippen molar-refractivity contribution >= 4 is 5.78 Å². The molecule has 4 rings (SSSR count). The van der Waals surface area contributed by atoms with E-state index in [2.05, 4.69) is 17.2 Å². The lowest BCUT2D eigenvalue weighted by Gasteiger charge is -2.26. The SMILES string of the molecule is CCCCn1cc(COc2cc(O)c3c(c2)O[C@H](c2ccc(OC)c(O)c2)CC3=O)nn1. The molecule has 9 nitrogen and oxygen atoms in total. The largest absolute Gasteiger partial charge is 0.507 e. The van der Waals surface area contributed by atoms with Crippen LogP contribution in [-0.4, -0.2) is 38.1 Å². The van der Waals surface area contributed by atoms with Crippen LogP contribution < -0.4 is 14.2 Å². The van der Waals surface area contributed by atoms with Crippen molar-refractivity contribution in [2.24, 2.45) is 0 Å². The number of carbonyl (C=O) groups excluding carboxylic acids is 1. The first kappa shape index (κ1) is 21.5. The van der Waals surface area contributed by atoms with E-state index in [9.17, 15) is 15.0 Å². The Morgan fingerprint density at radius 2 is 2.06 bits per heavy atom. The Hall–Kier alpha value is -3.75. The number of hydrogen-bond acceptors (Lipinski definition) is 8. The first-order chi connectivity index (χ1) is 15.5. The molecule has 0 saturated heterocycles. The monoisotopic (exact) mass is 439 g/mol. The molecule has 0 amide bonds. The van der Waals surface area contributed by atoms with Crippen LogP contribution in [0.1, 0.15) is 53.9 Å². The maximum atomic E-state index is 12.7. The third-order valence-corrected chi connectivity index (χ3v) is 5.26. The molecule has 2 aromatic carbocycles. The molecule has 32 heavy (non-hydrogen) atoms. The summed E-state index contributed by atoms with van der Waals surface area (Å²) in [5, 5.41) is 28.6. The second kappa shape index (κ2) is 9.17. The van der Waals surface area contributed by atoms with Gasteiger partial charge in [0.15, 0.2) is 17.3 Å². The van der Waals surface area contributed by atoms with Gasteiger partial charge in [-0.2, -0.15) is 0 Å². The molecule has 0 radical (unpaired) electrons. The molecule has 0 aliphatic carbocycles. The Morgan fingerprint density at radius 3 is 2.81 bits per heavy atom. The van der Waals surface area contributed by atoms with Gasteiger partial charge in [0.25, 0.3) is 0 Å². The molecule has 1 aliphatic rings. The summed E-state index contributed by atoms with van der Waals surface area (Å²) in [6.45, 7) is 3.06. The van der Waals surface area contributed by atoms with E-state index in [0.717, 1.165) is 19.4 Å². The molecule has 0 spiro atoms. The van der Waals surface area contributed by atoms with E-state index in [1.54, 1.807) is 22.9 Å². The van der Waals surface area contributed by atoms with Gasteiger partial charge >= 0.3 is 0 Å². The Kier molecular flexibility index (Phi) is 6.16. The van der Waals surface area contributed by atoms with Crippen molar-refractivity contribution < 1.29 is 29.2 Å². The predicted octanol–water partition coefficient (Wildman–Crippen LogP) is 3.78. The third-order valence-electron chi connectivity index (χ3n) is 5.26. The number of Topliss-reactive ketones (excluding diaryl/α,β-unsaturated/α-hetero) is 1. The number of methoxy groups -OCH3 is 1. The van der Waals surface area contributed by atoms with Crippen molar-refractivity contribution in [2.45, 2.75) is 45.4 Å². The van der Waals surface area contributed by atoms with Crippen LogP contribution in [0.2, 0.25) is 0 Å². The van der Waals surface area contributed by atoms with E-state index in [4.69, 9.17) is 14.2 Å². The second-order valence-corrected chi connectivity index (χ2v) is 7.60. The highest BCUT2D eigenvalue weighted by atomic mass is 16.5. The number of aromatic hydroxyl groups is 2. The Morgan fingerprint density at radius 1 is 1.22 bits per heavy atom. The van der Waals surface area contributed by atoms with Crippen LogP contribution in [0.4, 0.5) is 0 Å². The van der Waals surface area contributed by atoms with Gasteiger partial charge in [0, 0.05) is 18.7 Å². The van der Waals surface area contributed by atoms with E-state index in [0.29, 0.717) is 22.8 Å². The van der Waals surface area contributed by atoms with Crippen molar-refractivity contribution in [2.75, 3.05) is 7.11 Å². The van der Waals surface area contributed by atoms with Crippen LogP contribution in [-0.2, 0) is 13.2 Å². The van der Waals surface area contributed by atoms with E-state index < -0.39 is 6.10 Å². The number of nitrogens with zero attached hydrogens (tertiary/aromatic N) is 3. The topological polar surface area (TPSA) is 116 Å². The van der Waals surface area contributed by atoms with Crippen LogP contribution in [0.15, 0.2) is 36.5 Å². The normalized spacial score (nSPS) is 15.2. The lowest BCUT2D eigenvalue weighted by atomic mass is 9.95. The first-order valence-electron chi connectivity index (χ1n) is 10.4. The first-order valence-corrected chi connectivity index (χ1v) is 10.4. The summed E-state index contributed by atoms with van der Waals surface area (Å²) in [7, 11) is 1.46. The number of hydrogen-bond donors (Lipinski definition) is 2. The van der Waals surface area contributed by atoms with E-state index in [1.165, 1.54) is 19.2 Å². The van der Waals surface area contributed by atoms with Gasteiger partial charge in [0.2, 0.25) is 0 Å². The summed E-state index contributed by atoms with van der Waals surface area (Å²) in [6.07, 6.45) is 3.32. The van der Waals surface area contributed by atoms with Gasteiger partial charge in [-0.15, -0.1) is 5.10 Å². The number of ether oxygens (including phenoxy) is 3. The number of carbonyl (C=O) groups is 1. The molecule has 0 saturated carbocycles. The summed E-state index contributed by atoms with van der Waals surface area (Å²) < 4.78 is 18.6. The van der Waals surface area contributed by atoms with Gasteiger partial charge in [-0.3, -0.25) is 9.48 Å². The van der Waals surface area contributed by atoms with Crippen LogP contribution in [0.25, 0.3) is 0 Å². The molecule has 168 valence electrons. The summed E-state index contributed by atoms with van der Waals surface area (Å²) >= 11 is 0. The maximum absolute atomic E-state index is 12.7. The molecular formula is C23H25N3O6. The van der Waals surface area contributed by atoms with Gasteiger partial charge in [-0.1, -0.05) is 24.6 Å². The van der Waals surface area contributed by atoms with Crippen molar-refractivity contribution in [3.63, 3.8) is 0 Å². The molecule has 9 heteroatoms. The van der Waals surface area contributed by atoms with Gasteiger partial charge < -0.3 is 24.4 Å². The molecule has 0 unspecified atom stereocenters. The lowest BCUT2D eigenvalue weighted by Crippen LogP contribution is -2.20. The van der Waals surface area contributed by atoms with Gasteiger partial charge in [0.05, 0.1) is 19.7 Å². The van der Waals surface area contributed by atoms with E-state index in [-0.39, 0.29) is 41.6 Å². The van der Waals surface area contributed by atoms with Crippen LogP contribution >= 0.6 is 0 Å². The average Bonchev–Trinajstić information content (AvgIpc) is 3.23. The fourth-order valence-corrected chi connectivity index (χ4v) is 3.58. The zero-order chi connectivity index (χ0) is 22.7. The fraction of sp³-hybridized carbons (Fsp3) is 0.348. The molecule has 1 atom stereocenters. The maximum Gasteiger partial charge on any atom is 0.174 e. The minimum absolute atomic E-state index is 0.0351. The number of aromatic nitrogens is 3. The van der Waals surface area contributed by atoms with Crippen molar-refractivity contribution in [3.8, 4) is 28.7 Å². The Labute approximate surface area is 185 Å². The Bertz CT molecular complexity index is 1130. The lowest BCUT2D eigenvalue weighted by molar-refractivity contribution is 0.0844. The molecule has 0 bridgehead atoms. The number of rotatable bonds is 8. The van der Waals surface area contributed by atoms with Crippen molar-refractivity contribution in [1.29, 1.82) is 0 Å². The molecule has 1 aliphatic heterocycles. The molecular weight excluding hydrogens is 414 g/mol. The van der Waals surface area contributed by atoms with E-state index in [1.807, 2.05) is 6.20 Å². The number of phenols is 2. The van der Waals surface area contributed by atoms with Crippen LogP contribution in [0.3, 0.4) is 0 Å². The van der Waals surface area contributed by atoms with Gasteiger partial charge in [-0.25, -0.2) is 0 Å². The number of unbranched alkanes of at least 4 members (excludes halogenated alkanes) is 1. The number of phenolic OH excluding ortho intramolecular Hbond substituents is 2. The van der Waals surface area contributed by atoms with Gasteiger partial charge in [0.1, 0.15) is 41.2 Å². The minimum Gasteiger partial charge on any atom is -0.507 e. The Balaban J connectivity index is 1.51. The second-order valence-electron chi connectivity index (χ2n) is 7.60. The van der Waals surface area contributed by atoms with Crippen LogP contribution in [0, 0.1) is 0 Å². The third kappa shape index (κ3) is 4.46. The highest BCUT2D eigenvalue weighted by Crippen LogP contribution is 2.43. The summed E-state index contributed by atoms with van der Waals surface area (Å²) in [5.41, 5.74) is 1.40. The molecule has 2 heterocycles. The summed E-state index contributed by atoms with van der Waals surface area (Å²) in [4.78, 5) is 12.7. The smallest absolute Gasteiger partial charge is 0.174 e. The quantitative estimate of drug-likeness (QED) is 0.545. The predicted molar refractivity (Wildman–Crippen MR) is 114 cm³/mol.